The van der Waals surface area contributed by atoms with E-state index in [1.165, 1.54) is 145 Å². The third-order valence-corrected chi connectivity index (χ3v) is 11.7. The predicted molar refractivity (Wildman–Crippen MR) is 188 cm³/mol. The Morgan fingerprint density at radius 2 is 0.905 bits per heavy atom. The van der Waals surface area contributed by atoms with E-state index in [1.54, 1.807) is 0 Å². The molecule has 1 aromatic carbocycles. The first kappa shape index (κ1) is 31.7. The van der Waals surface area contributed by atoms with Crippen LogP contribution in [0.5, 0.6) is 0 Å². The van der Waals surface area contributed by atoms with Gasteiger partial charge in [0.1, 0.15) is 22.4 Å². The Balaban J connectivity index is 1.24. The second-order valence-corrected chi connectivity index (χ2v) is 15.0. The molecule has 0 saturated heterocycles. The fraction of sp³-hybridized carbons (Fsp3) is 0.588. The van der Waals surface area contributed by atoms with Gasteiger partial charge in [-0.1, -0.05) is 104 Å². The largest absolute Gasteiger partial charge is 0.172 e. The van der Waals surface area contributed by atoms with Gasteiger partial charge in [0.2, 0.25) is 0 Å². The first-order chi connectivity index (χ1) is 20.8. The molecular formula is C34H46N4S4. The van der Waals surface area contributed by atoms with Crippen molar-refractivity contribution in [2.24, 2.45) is 8.73 Å². The van der Waals surface area contributed by atoms with Gasteiger partial charge in [-0.25, -0.2) is 0 Å². The van der Waals surface area contributed by atoms with Crippen LogP contribution < -0.4 is 0 Å². The number of hydrogen-bond donors (Lipinski definition) is 0. The molecule has 1 aliphatic rings. The van der Waals surface area contributed by atoms with E-state index in [0.717, 1.165) is 46.4 Å². The molecule has 5 rings (SSSR count). The zero-order valence-electron chi connectivity index (χ0n) is 25.5. The van der Waals surface area contributed by atoms with Gasteiger partial charge >= 0.3 is 0 Å². The van der Waals surface area contributed by atoms with Crippen molar-refractivity contribution in [2.75, 3.05) is 0 Å². The zero-order valence-corrected chi connectivity index (χ0v) is 28.7. The number of thiophene rings is 2. The molecule has 0 radical (unpaired) electrons. The lowest BCUT2D eigenvalue weighted by molar-refractivity contribution is 0.576. The van der Waals surface area contributed by atoms with Gasteiger partial charge in [-0.15, -0.1) is 22.7 Å². The maximum atomic E-state index is 4.82. The van der Waals surface area contributed by atoms with Crippen LogP contribution in [-0.2, 0) is 24.2 Å². The van der Waals surface area contributed by atoms with Crippen molar-refractivity contribution >= 4 is 68.2 Å². The van der Waals surface area contributed by atoms with Crippen LogP contribution in [-0.4, -0.2) is 8.75 Å². The number of aromatic nitrogens is 2. The van der Waals surface area contributed by atoms with Crippen LogP contribution in [0.15, 0.2) is 33.0 Å². The van der Waals surface area contributed by atoms with Crippen molar-refractivity contribution in [1.82, 2.24) is 8.75 Å². The summed E-state index contributed by atoms with van der Waals surface area (Å²) in [6.45, 7) is 4.57. The summed E-state index contributed by atoms with van der Waals surface area (Å²) >= 11 is 6.41. The predicted octanol–water partition coefficient (Wildman–Crippen LogP) is 13.2. The molecule has 226 valence electrons. The van der Waals surface area contributed by atoms with Crippen LogP contribution in [0.25, 0.3) is 31.9 Å². The SMILES string of the molecule is CCCCCCCCCCc1ccc(-c2c3c(c(-c4ccc(CCCCCCCCCC)s4)c4nsnc24)N=S=N3)s1. The minimum Gasteiger partial charge on any atom is -0.172 e. The fourth-order valence-electron chi connectivity index (χ4n) is 5.88. The van der Waals surface area contributed by atoms with Gasteiger partial charge in [-0.05, 0) is 49.9 Å². The number of fused-ring (bicyclic) bond motifs is 2. The maximum Gasteiger partial charge on any atom is 0.116 e. The first-order valence-electron chi connectivity index (χ1n) is 16.4. The zero-order chi connectivity index (χ0) is 29.0. The highest BCUT2D eigenvalue weighted by Crippen LogP contribution is 2.53. The van der Waals surface area contributed by atoms with Gasteiger partial charge in [-0.3, -0.25) is 0 Å². The van der Waals surface area contributed by atoms with E-state index in [1.807, 2.05) is 22.7 Å². The van der Waals surface area contributed by atoms with Crippen molar-refractivity contribution in [1.29, 1.82) is 0 Å². The molecule has 1 aliphatic heterocycles. The van der Waals surface area contributed by atoms with E-state index >= 15 is 0 Å². The molecule has 4 heterocycles. The van der Waals surface area contributed by atoms with E-state index in [2.05, 4.69) is 38.1 Å². The molecule has 0 atom stereocenters. The second-order valence-electron chi connectivity index (χ2n) is 11.7. The third kappa shape index (κ3) is 8.25. The number of rotatable bonds is 20. The van der Waals surface area contributed by atoms with Crippen LogP contribution in [0.1, 0.15) is 126 Å². The summed E-state index contributed by atoms with van der Waals surface area (Å²) in [4.78, 5) is 5.40. The number of aryl methyl sites for hydroxylation is 2. The Kier molecular flexibility index (Phi) is 12.8. The normalized spacial score (nSPS) is 12.4. The second kappa shape index (κ2) is 16.9. The van der Waals surface area contributed by atoms with Gasteiger partial charge in [0, 0.05) is 30.6 Å². The summed E-state index contributed by atoms with van der Waals surface area (Å²) in [5.41, 5.74) is 6.16. The lowest BCUT2D eigenvalue weighted by Gasteiger charge is -2.09. The Morgan fingerprint density at radius 3 is 1.33 bits per heavy atom. The van der Waals surface area contributed by atoms with Crippen LogP contribution in [0.3, 0.4) is 0 Å². The monoisotopic (exact) mass is 638 g/mol. The smallest absolute Gasteiger partial charge is 0.116 e. The molecule has 0 amide bonds. The minimum atomic E-state index is 0.980. The summed E-state index contributed by atoms with van der Waals surface area (Å²) in [6, 6.07) is 9.15. The molecule has 0 fully saturated rings. The van der Waals surface area contributed by atoms with Gasteiger partial charge in [0.25, 0.3) is 0 Å². The van der Waals surface area contributed by atoms with Crippen LogP contribution in [0.4, 0.5) is 11.4 Å². The van der Waals surface area contributed by atoms with Gasteiger partial charge in [0.05, 0.1) is 23.1 Å². The lowest BCUT2D eigenvalue weighted by Crippen LogP contribution is -1.85. The molecule has 0 bridgehead atoms. The number of hydrogen-bond acceptors (Lipinski definition) is 7. The van der Waals surface area contributed by atoms with Gasteiger partial charge in [0.15, 0.2) is 0 Å². The average molecular weight is 639 g/mol. The van der Waals surface area contributed by atoms with E-state index in [9.17, 15) is 0 Å². The lowest BCUT2D eigenvalue weighted by atomic mass is 10.0. The first-order valence-corrected chi connectivity index (χ1v) is 19.5. The van der Waals surface area contributed by atoms with E-state index < -0.39 is 0 Å². The molecule has 4 aromatic rings. The average Bonchev–Trinajstić information content (AvgIpc) is 3.82. The molecule has 0 spiro atoms. The molecule has 0 unspecified atom stereocenters. The fourth-order valence-corrected chi connectivity index (χ4v) is 9.20. The molecule has 8 heteroatoms. The number of benzene rings is 1. The molecule has 3 aromatic heterocycles. The highest BCUT2D eigenvalue weighted by molar-refractivity contribution is 7.58. The molecular weight excluding hydrogens is 593 g/mol. The highest BCUT2D eigenvalue weighted by atomic mass is 32.1. The van der Waals surface area contributed by atoms with Crippen molar-refractivity contribution in [2.45, 2.75) is 129 Å². The third-order valence-electron chi connectivity index (χ3n) is 8.29. The van der Waals surface area contributed by atoms with E-state index in [4.69, 9.17) is 17.5 Å². The van der Waals surface area contributed by atoms with Crippen molar-refractivity contribution in [3.05, 3.63) is 34.0 Å². The Hall–Kier alpha value is -1.74. The topological polar surface area (TPSA) is 50.5 Å². The van der Waals surface area contributed by atoms with Crippen molar-refractivity contribution in [3.63, 3.8) is 0 Å². The molecule has 4 nitrogen and oxygen atoms in total. The number of nitrogens with zero attached hydrogens (tertiary/aromatic N) is 4. The highest BCUT2D eigenvalue weighted by Gasteiger charge is 2.27. The molecule has 0 saturated carbocycles. The summed E-state index contributed by atoms with van der Waals surface area (Å²) in [6.07, 6.45) is 24.0. The van der Waals surface area contributed by atoms with E-state index in [-0.39, 0.29) is 0 Å². The quantitative estimate of drug-likeness (QED) is 0.0796. The summed E-state index contributed by atoms with van der Waals surface area (Å²) in [7, 11) is 0. The summed E-state index contributed by atoms with van der Waals surface area (Å²) < 4.78 is 19.3. The van der Waals surface area contributed by atoms with Crippen molar-refractivity contribution in [3.8, 4) is 20.9 Å². The van der Waals surface area contributed by atoms with Gasteiger partial charge in [-0.2, -0.15) is 17.5 Å². The maximum absolute atomic E-state index is 4.82. The Labute approximate surface area is 268 Å². The molecule has 42 heavy (non-hydrogen) atoms. The summed E-state index contributed by atoms with van der Waals surface area (Å²) in [5, 5.41) is 0. The van der Waals surface area contributed by atoms with E-state index in [0.29, 0.717) is 0 Å². The Morgan fingerprint density at radius 1 is 0.500 bits per heavy atom. The molecule has 0 N–H and O–H groups in total. The van der Waals surface area contributed by atoms with Crippen molar-refractivity contribution < 1.29 is 0 Å². The number of unbranched alkanes of at least 4 members (excludes halogenated alkanes) is 14. The van der Waals surface area contributed by atoms with Crippen LogP contribution >= 0.6 is 34.4 Å². The van der Waals surface area contributed by atoms with Gasteiger partial charge < -0.3 is 0 Å². The standard InChI is InChI=1S/C34H46N4S4/c1-3-5-7-9-11-13-15-17-19-25-21-23-27(39-25)29-31-33(37-41-35-31)30(34-32(29)36-42-38-34)28-24-22-26(40-28)20-18-16-14-12-10-8-6-4-2/h21-24H,3-20H2,1-2H3. The minimum absolute atomic E-state index is 0.980. The van der Waals surface area contributed by atoms with Crippen LogP contribution in [0.2, 0.25) is 0 Å². The summed E-state index contributed by atoms with van der Waals surface area (Å²) in [5.74, 6) is 0. The van der Waals surface area contributed by atoms with Crippen LogP contribution in [0, 0.1) is 0 Å². The molecule has 0 aliphatic carbocycles. The Bertz CT molecular complexity index is 1370.